The quantitative estimate of drug-likeness (QED) is 0.540. The first-order valence-electron chi connectivity index (χ1n) is 8.24. The lowest BCUT2D eigenvalue weighted by molar-refractivity contribution is 0.0258. The van der Waals surface area contributed by atoms with Crippen LogP contribution in [-0.2, 0) is 17.7 Å². The molecule has 1 aromatic heterocycles. The second-order valence-corrected chi connectivity index (χ2v) is 6.85. The minimum Gasteiger partial charge on any atom is -0.378 e. The van der Waals surface area contributed by atoms with Crippen molar-refractivity contribution in [2.45, 2.75) is 53.2 Å². The van der Waals surface area contributed by atoms with E-state index in [1.54, 1.807) is 0 Å². The molecule has 0 aliphatic carbocycles. The van der Waals surface area contributed by atoms with Gasteiger partial charge >= 0.3 is 0 Å². The molecule has 0 amide bonds. The van der Waals surface area contributed by atoms with Crippen LogP contribution >= 0.6 is 11.3 Å². The molecule has 0 aliphatic rings. The Balaban J connectivity index is 2.33. The van der Waals surface area contributed by atoms with Crippen molar-refractivity contribution in [3.05, 3.63) is 21.9 Å². The molecule has 0 fully saturated rings. The number of aryl methyl sites for hydroxylation is 1. The Hall–Kier alpha value is -1.07. The molecular weight excluding hydrogens is 294 g/mol. The molecule has 1 atom stereocenters. The Labute approximate surface area is 139 Å². The molecule has 126 valence electrons. The van der Waals surface area contributed by atoms with Crippen molar-refractivity contribution in [3.8, 4) is 0 Å². The first-order valence-corrected chi connectivity index (χ1v) is 9.06. The van der Waals surface area contributed by atoms with Crippen molar-refractivity contribution in [1.82, 2.24) is 10.6 Å². The lowest BCUT2D eigenvalue weighted by atomic mass is 10.0. The summed E-state index contributed by atoms with van der Waals surface area (Å²) in [4.78, 5) is 7.04. The summed E-state index contributed by atoms with van der Waals surface area (Å²) < 4.78 is 5.76. The van der Waals surface area contributed by atoms with Gasteiger partial charge in [0, 0.05) is 30.0 Å². The Bertz CT molecular complexity index is 443. The molecule has 1 aromatic rings. The van der Waals surface area contributed by atoms with E-state index in [4.69, 9.17) is 4.74 Å². The zero-order valence-corrected chi connectivity index (χ0v) is 15.4. The Kier molecular flexibility index (Phi) is 9.16. The lowest BCUT2D eigenvalue weighted by Gasteiger charge is -2.21. The van der Waals surface area contributed by atoms with Crippen molar-refractivity contribution in [2.24, 2.45) is 10.9 Å². The summed E-state index contributed by atoms with van der Waals surface area (Å²) in [5.41, 5.74) is 0. The molecule has 0 saturated heterocycles. The summed E-state index contributed by atoms with van der Waals surface area (Å²) in [6.07, 6.45) is 2.40. The van der Waals surface area contributed by atoms with Crippen molar-refractivity contribution < 1.29 is 4.74 Å². The fourth-order valence-electron chi connectivity index (χ4n) is 2.25. The maximum atomic E-state index is 5.76. The Morgan fingerprint density at radius 3 is 2.50 bits per heavy atom. The number of aliphatic imine (C=N–C) groups is 1. The summed E-state index contributed by atoms with van der Waals surface area (Å²) >= 11 is 1.86. The molecule has 5 heteroatoms. The second-order valence-electron chi connectivity index (χ2n) is 5.60. The van der Waals surface area contributed by atoms with Crippen molar-refractivity contribution in [2.75, 3.05) is 20.2 Å². The normalized spacial score (nSPS) is 13.5. The van der Waals surface area contributed by atoms with Gasteiger partial charge in [-0.25, -0.2) is 0 Å². The largest absolute Gasteiger partial charge is 0.378 e. The smallest absolute Gasteiger partial charge is 0.191 e. The summed E-state index contributed by atoms with van der Waals surface area (Å²) in [5, 5.41) is 6.73. The van der Waals surface area contributed by atoms with Gasteiger partial charge in [-0.05, 0) is 37.8 Å². The molecule has 0 aliphatic heterocycles. The number of hydrogen-bond acceptors (Lipinski definition) is 3. The standard InChI is InChI=1S/C17H31N3OS/c1-6-14-8-9-15(22-14)12-20-17(18-5)19-11-10-16(13(3)4)21-7-2/h8-9,13,16H,6-7,10-12H2,1-5H3,(H2,18,19,20). The molecule has 0 saturated carbocycles. The average Bonchev–Trinajstić information content (AvgIpc) is 2.97. The summed E-state index contributed by atoms with van der Waals surface area (Å²) in [6, 6.07) is 4.39. The molecule has 0 bridgehead atoms. The van der Waals surface area contributed by atoms with Crippen LogP contribution in [0.15, 0.2) is 17.1 Å². The van der Waals surface area contributed by atoms with E-state index >= 15 is 0 Å². The number of guanidine groups is 1. The SMILES string of the molecule is CCOC(CCNC(=NC)NCc1ccc(CC)s1)C(C)C. The zero-order valence-electron chi connectivity index (χ0n) is 14.6. The summed E-state index contributed by atoms with van der Waals surface area (Å²) in [5.74, 6) is 1.39. The molecule has 1 heterocycles. The number of thiophene rings is 1. The monoisotopic (exact) mass is 325 g/mol. The molecule has 1 rings (SSSR count). The van der Waals surface area contributed by atoms with Crippen LogP contribution in [0.5, 0.6) is 0 Å². The second kappa shape index (κ2) is 10.6. The third kappa shape index (κ3) is 6.79. The highest BCUT2D eigenvalue weighted by atomic mass is 32.1. The van der Waals surface area contributed by atoms with Crippen LogP contribution in [0, 0.1) is 5.92 Å². The topological polar surface area (TPSA) is 45.6 Å². The number of nitrogens with one attached hydrogen (secondary N) is 2. The predicted molar refractivity (Wildman–Crippen MR) is 96.8 cm³/mol. The maximum absolute atomic E-state index is 5.76. The fourth-order valence-corrected chi connectivity index (χ4v) is 3.15. The van der Waals surface area contributed by atoms with Crippen LogP contribution in [0.1, 0.15) is 43.9 Å². The molecule has 2 N–H and O–H groups in total. The van der Waals surface area contributed by atoms with Gasteiger partial charge in [-0.3, -0.25) is 4.99 Å². The third-order valence-corrected chi connectivity index (χ3v) is 4.79. The van der Waals surface area contributed by atoms with Crippen molar-refractivity contribution in [3.63, 3.8) is 0 Å². The van der Waals surface area contributed by atoms with E-state index in [0.29, 0.717) is 12.0 Å². The summed E-state index contributed by atoms with van der Waals surface area (Å²) in [6.45, 7) is 11.1. The number of rotatable bonds is 9. The van der Waals surface area contributed by atoms with E-state index in [2.05, 4.69) is 55.5 Å². The number of ether oxygens (including phenoxy) is 1. The number of nitrogens with zero attached hydrogens (tertiary/aromatic N) is 1. The van der Waals surface area contributed by atoms with E-state index in [1.807, 2.05) is 18.4 Å². The van der Waals surface area contributed by atoms with E-state index in [9.17, 15) is 0 Å². The van der Waals surface area contributed by atoms with Gasteiger partial charge in [0.15, 0.2) is 5.96 Å². The van der Waals surface area contributed by atoms with Gasteiger partial charge in [0.1, 0.15) is 0 Å². The average molecular weight is 326 g/mol. The van der Waals surface area contributed by atoms with Crippen molar-refractivity contribution in [1.29, 1.82) is 0 Å². The van der Waals surface area contributed by atoms with Gasteiger partial charge in [-0.1, -0.05) is 20.8 Å². The van der Waals surface area contributed by atoms with E-state index in [-0.39, 0.29) is 0 Å². The van der Waals surface area contributed by atoms with E-state index in [1.165, 1.54) is 9.75 Å². The minimum absolute atomic E-state index is 0.306. The Morgan fingerprint density at radius 1 is 1.23 bits per heavy atom. The first kappa shape index (κ1) is 19.0. The van der Waals surface area contributed by atoms with Crippen LogP contribution in [0.25, 0.3) is 0 Å². The molecule has 0 aromatic carbocycles. The van der Waals surface area contributed by atoms with Crippen LogP contribution < -0.4 is 10.6 Å². The molecule has 0 spiro atoms. The van der Waals surface area contributed by atoms with Crippen molar-refractivity contribution >= 4 is 17.3 Å². The van der Waals surface area contributed by atoms with Crippen LogP contribution in [-0.4, -0.2) is 32.3 Å². The molecular formula is C17H31N3OS. The van der Waals surface area contributed by atoms with Crippen LogP contribution in [0.4, 0.5) is 0 Å². The maximum Gasteiger partial charge on any atom is 0.191 e. The number of hydrogen-bond donors (Lipinski definition) is 2. The minimum atomic E-state index is 0.306. The van der Waals surface area contributed by atoms with Gasteiger partial charge in [0.25, 0.3) is 0 Å². The summed E-state index contributed by atoms with van der Waals surface area (Å²) in [7, 11) is 1.81. The third-order valence-electron chi connectivity index (χ3n) is 3.57. The lowest BCUT2D eigenvalue weighted by Crippen LogP contribution is -2.38. The van der Waals surface area contributed by atoms with Gasteiger partial charge in [-0.2, -0.15) is 0 Å². The van der Waals surface area contributed by atoms with E-state index < -0.39 is 0 Å². The highest BCUT2D eigenvalue weighted by Crippen LogP contribution is 2.16. The highest BCUT2D eigenvalue weighted by Gasteiger charge is 2.12. The van der Waals surface area contributed by atoms with Gasteiger partial charge in [0.2, 0.25) is 0 Å². The molecule has 1 unspecified atom stereocenters. The van der Waals surface area contributed by atoms with Gasteiger partial charge in [0.05, 0.1) is 12.6 Å². The van der Waals surface area contributed by atoms with Gasteiger partial charge < -0.3 is 15.4 Å². The zero-order chi connectivity index (χ0) is 16.4. The van der Waals surface area contributed by atoms with E-state index in [0.717, 1.165) is 38.5 Å². The molecule has 22 heavy (non-hydrogen) atoms. The highest BCUT2D eigenvalue weighted by molar-refractivity contribution is 7.11. The fraction of sp³-hybridized carbons (Fsp3) is 0.706. The van der Waals surface area contributed by atoms with Gasteiger partial charge in [-0.15, -0.1) is 11.3 Å². The first-order chi connectivity index (χ1) is 10.6. The molecule has 0 radical (unpaired) electrons. The van der Waals surface area contributed by atoms with Crippen LogP contribution in [0.3, 0.4) is 0 Å². The predicted octanol–water partition coefficient (Wildman–Crippen LogP) is 3.43. The van der Waals surface area contributed by atoms with Crippen LogP contribution in [0.2, 0.25) is 0 Å². The molecule has 4 nitrogen and oxygen atoms in total. The Morgan fingerprint density at radius 2 is 1.95 bits per heavy atom.